The molecule has 0 aromatic carbocycles. The smallest absolute Gasteiger partial charge is 0.0110 e. The summed E-state index contributed by atoms with van der Waals surface area (Å²) >= 11 is 0. The second kappa shape index (κ2) is 61.4. The fraction of sp³-hybridized carbons (Fsp3) is 1.00. The Morgan fingerprint density at radius 1 is 0.173 bits per heavy atom. The topological polar surface area (TPSA) is 16.2 Å². The summed E-state index contributed by atoms with van der Waals surface area (Å²) in [6.45, 7) is 31.1. The minimum Gasteiger partial charge on any atom is -0.302 e. The van der Waals surface area contributed by atoms with E-state index in [9.17, 15) is 0 Å². The maximum Gasteiger partial charge on any atom is 0.0110 e. The van der Waals surface area contributed by atoms with E-state index in [0.29, 0.717) is 0 Å². The van der Waals surface area contributed by atoms with Gasteiger partial charge in [-0.3, -0.25) is 9.80 Å². The van der Waals surface area contributed by atoms with Crippen molar-refractivity contribution >= 4 is 0 Å². The van der Waals surface area contributed by atoms with Crippen molar-refractivity contribution in [2.24, 2.45) is 0 Å². The average molecular weight is 1060 g/mol. The van der Waals surface area contributed by atoms with Crippen molar-refractivity contribution in [3.05, 3.63) is 0 Å². The third-order valence-corrected chi connectivity index (χ3v) is 17.8. The molecule has 0 spiro atoms. The van der Waals surface area contributed by atoms with Gasteiger partial charge in [0, 0.05) is 65.4 Å². The van der Waals surface area contributed by atoms with Crippen molar-refractivity contribution in [3.63, 3.8) is 0 Å². The van der Waals surface area contributed by atoms with Crippen LogP contribution >= 0.6 is 0 Å². The van der Waals surface area contributed by atoms with Crippen LogP contribution in [0, 0.1) is 0 Å². The quantitative estimate of drug-likeness (QED) is 0.0563. The molecule has 1 aliphatic rings. The van der Waals surface area contributed by atoms with Gasteiger partial charge in [0.25, 0.3) is 0 Å². The lowest BCUT2D eigenvalue weighted by Gasteiger charge is -2.37. The Bertz CT molecular complexity index is 984. The third-order valence-electron chi connectivity index (χ3n) is 17.8. The molecule has 1 rings (SSSR count). The minimum atomic E-state index is 1.27. The fourth-order valence-corrected chi connectivity index (χ4v) is 12.2. The molecule has 0 N–H and O–H groups in total. The van der Waals surface area contributed by atoms with E-state index in [1.807, 2.05) is 0 Å². The van der Waals surface area contributed by atoms with Gasteiger partial charge in [-0.25, -0.2) is 0 Å². The number of hydrogen-bond acceptors (Lipinski definition) is 5. The molecule has 1 aliphatic heterocycles. The second-order valence-corrected chi connectivity index (χ2v) is 25.1. The molecule has 0 aromatic rings. The predicted octanol–water partition coefficient (Wildman–Crippen LogP) is 21.1. The van der Waals surface area contributed by atoms with Crippen LogP contribution in [0.3, 0.4) is 0 Å². The Kier molecular flexibility index (Phi) is 59.6. The van der Waals surface area contributed by atoms with Gasteiger partial charge in [-0.1, -0.05) is 324 Å². The second-order valence-electron chi connectivity index (χ2n) is 25.1. The number of piperazine rings is 1. The van der Waals surface area contributed by atoms with E-state index in [-0.39, 0.29) is 0 Å². The Balaban J connectivity index is 2.73. The van der Waals surface area contributed by atoms with E-state index in [0.717, 1.165) is 0 Å². The zero-order chi connectivity index (χ0) is 53.8. The molecule has 0 bridgehead atoms. The molecular formula is C70H145N5. The van der Waals surface area contributed by atoms with Crippen LogP contribution in [-0.2, 0) is 0 Å². The zero-order valence-corrected chi connectivity index (χ0v) is 53.2. The van der Waals surface area contributed by atoms with Gasteiger partial charge in [0.15, 0.2) is 0 Å². The van der Waals surface area contributed by atoms with Crippen molar-refractivity contribution < 1.29 is 0 Å². The van der Waals surface area contributed by atoms with Gasteiger partial charge in [-0.15, -0.1) is 0 Å². The number of rotatable bonds is 64. The van der Waals surface area contributed by atoms with Crippen LogP contribution in [0.25, 0.3) is 0 Å². The summed E-state index contributed by atoms with van der Waals surface area (Å²) in [4.78, 5) is 14.4. The monoisotopic (exact) mass is 1060 g/mol. The first-order valence-corrected chi connectivity index (χ1v) is 35.8. The lowest BCUT2D eigenvalue weighted by molar-refractivity contribution is 0.104. The zero-order valence-electron chi connectivity index (χ0n) is 53.2. The van der Waals surface area contributed by atoms with Crippen molar-refractivity contribution in [2.75, 3.05) is 98.2 Å². The first-order valence-electron chi connectivity index (χ1n) is 35.8. The Morgan fingerprint density at radius 3 is 0.507 bits per heavy atom. The molecule has 0 aromatic heterocycles. The van der Waals surface area contributed by atoms with E-state index in [1.165, 1.54) is 419 Å². The lowest BCUT2D eigenvalue weighted by atomic mass is 10.0. The van der Waals surface area contributed by atoms with Crippen LogP contribution in [0.2, 0.25) is 0 Å². The normalized spacial score (nSPS) is 13.8. The first-order chi connectivity index (χ1) is 37.2. The summed E-state index contributed by atoms with van der Waals surface area (Å²) in [6.07, 6.45) is 72.0. The minimum absolute atomic E-state index is 1.27. The molecule has 0 aliphatic carbocycles. The number of unbranched alkanes of at least 4 members (excludes halogenated alkanes) is 45. The predicted molar refractivity (Wildman–Crippen MR) is 341 cm³/mol. The highest BCUT2D eigenvalue weighted by atomic mass is 15.3. The average Bonchev–Trinajstić information content (AvgIpc) is 3.42. The number of hydrogen-bond donors (Lipinski definition) is 0. The number of nitrogens with zero attached hydrogens (tertiary/aromatic N) is 5. The van der Waals surface area contributed by atoms with Crippen LogP contribution in [0.5, 0.6) is 0 Å². The van der Waals surface area contributed by atoms with Gasteiger partial charge in [0.2, 0.25) is 0 Å². The summed E-state index contributed by atoms with van der Waals surface area (Å²) in [6, 6.07) is 0. The van der Waals surface area contributed by atoms with Crippen molar-refractivity contribution in [1.82, 2.24) is 24.5 Å². The van der Waals surface area contributed by atoms with E-state index in [4.69, 9.17) is 0 Å². The summed E-state index contributed by atoms with van der Waals surface area (Å²) in [5.41, 5.74) is 0. The van der Waals surface area contributed by atoms with E-state index in [1.54, 1.807) is 0 Å². The van der Waals surface area contributed by atoms with Gasteiger partial charge < -0.3 is 14.7 Å². The van der Waals surface area contributed by atoms with E-state index in [2.05, 4.69) is 59.1 Å². The van der Waals surface area contributed by atoms with Crippen molar-refractivity contribution in [3.8, 4) is 0 Å². The molecule has 0 atom stereocenters. The van der Waals surface area contributed by atoms with Gasteiger partial charge in [-0.05, 0) is 64.8 Å². The fourth-order valence-electron chi connectivity index (χ4n) is 12.2. The SMILES string of the molecule is CCCCCCCCCCCCCCN(CCCCCCCCCCCCCC)CCN(CCCCCCCCCCCCCC)CCN1CCN(CCN(CCCCCCCCC)CCCCCCCCC)CC1. The van der Waals surface area contributed by atoms with Crippen LogP contribution in [0.4, 0.5) is 0 Å². The maximum atomic E-state index is 2.94. The molecule has 450 valence electrons. The van der Waals surface area contributed by atoms with Crippen LogP contribution < -0.4 is 0 Å². The molecule has 5 heteroatoms. The molecule has 0 radical (unpaired) electrons. The largest absolute Gasteiger partial charge is 0.302 e. The summed E-state index contributed by atoms with van der Waals surface area (Å²) < 4.78 is 0. The summed E-state index contributed by atoms with van der Waals surface area (Å²) in [5.74, 6) is 0. The Morgan fingerprint density at radius 2 is 0.320 bits per heavy atom. The standard InChI is InChI=1S/C70H145N5/c1-6-11-16-21-26-29-32-35-38-43-48-53-56-71(57-54-49-44-39-36-33-30-27-22-17-12-7-2)61-63-73(60-55-50-45-40-37-34-31-28-23-18-13-8-3)64-66-75-69-67-74(68-70-75)65-62-72(58-51-46-41-24-19-14-9-4)59-52-47-42-25-20-15-10-5/h6-70H2,1-5H3. The molecule has 5 nitrogen and oxygen atoms in total. The molecule has 1 fully saturated rings. The highest BCUT2D eigenvalue weighted by molar-refractivity contribution is 4.76. The molecule has 1 heterocycles. The van der Waals surface area contributed by atoms with Crippen molar-refractivity contribution in [2.45, 2.75) is 356 Å². The molecule has 0 saturated carbocycles. The highest BCUT2D eigenvalue weighted by Crippen LogP contribution is 2.17. The van der Waals surface area contributed by atoms with Gasteiger partial charge in [0.05, 0.1) is 0 Å². The maximum absolute atomic E-state index is 2.94. The lowest BCUT2D eigenvalue weighted by Crippen LogP contribution is -2.50. The van der Waals surface area contributed by atoms with E-state index < -0.39 is 0 Å². The third kappa shape index (κ3) is 52.9. The Hall–Kier alpha value is -0.200. The van der Waals surface area contributed by atoms with Crippen molar-refractivity contribution in [1.29, 1.82) is 0 Å². The van der Waals surface area contributed by atoms with Crippen LogP contribution in [0.15, 0.2) is 0 Å². The Labute approximate surface area is 476 Å². The molecule has 0 amide bonds. The highest BCUT2D eigenvalue weighted by Gasteiger charge is 2.19. The first kappa shape index (κ1) is 72.8. The van der Waals surface area contributed by atoms with Gasteiger partial charge in [0.1, 0.15) is 0 Å². The summed E-state index contributed by atoms with van der Waals surface area (Å²) in [5, 5.41) is 0. The van der Waals surface area contributed by atoms with Crippen LogP contribution in [-0.4, -0.2) is 123 Å². The van der Waals surface area contributed by atoms with Gasteiger partial charge in [-0.2, -0.15) is 0 Å². The molecule has 1 saturated heterocycles. The summed E-state index contributed by atoms with van der Waals surface area (Å²) in [7, 11) is 0. The molecule has 75 heavy (non-hydrogen) atoms. The van der Waals surface area contributed by atoms with E-state index >= 15 is 0 Å². The van der Waals surface area contributed by atoms with Crippen LogP contribution in [0.1, 0.15) is 356 Å². The molecule has 0 unspecified atom stereocenters. The van der Waals surface area contributed by atoms with Gasteiger partial charge >= 0.3 is 0 Å². The molecular weight excluding hydrogens is 911 g/mol.